The first kappa shape index (κ1) is 24.3. The van der Waals surface area contributed by atoms with Crippen molar-refractivity contribution >= 4 is 34.3 Å². The second-order valence-electron chi connectivity index (χ2n) is 8.10. The maximum absolute atomic E-state index is 12.2. The van der Waals surface area contributed by atoms with Crippen LogP contribution in [0.5, 0.6) is 11.5 Å². The standard InChI is InChI=1S/C20H24N2O10S/c1-10-7-16(25)22(10)17(18(26)27)20(2,33(29)30)15-9-12(32-21-15)5-6-31-19(28)11-3-4-13(23)14(24)8-11/h3-4,8,10,12,17,23-24,33H,5-7,9H2,1-2H3,(H,26,27)/t10-,12?,17+,20+/m1/s1. The van der Waals surface area contributed by atoms with E-state index in [0.717, 1.165) is 17.0 Å². The third-order valence-electron chi connectivity index (χ3n) is 5.86. The topological polar surface area (TPSA) is 180 Å². The predicted molar refractivity (Wildman–Crippen MR) is 113 cm³/mol. The highest BCUT2D eigenvalue weighted by molar-refractivity contribution is 7.75. The SMILES string of the molecule is C[C@@H]1CC(=O)N1[C@@H](C(=O)O)[C@](C)(C1=NOC(CCOC(=O)c2ccc(O)c(O)c2)C1)[SH](=O)=O. The molecule has 1 unspecified atom stereocenters. The highest BCUT2D eigenvalue weighted by Gasteiger charge is 2.56. The number of hydrogen-bond donors (Lipinski definition) is 4. The molecule has 0 bridgehead atoms. The fraction of sp³-hybridized carbons (Fsp3) is 0.500. The number of benzene rings is 1. The van der Waals surface area contributed by atoms with E-state index in [2.05, 4.69) is 5.16 Å². The summed E-state index contributed by atoms with van der Waals surface area (Å²) in [4.78, 5) is 42.4. The highest BCUT2D eigenvalue weighted by atomic mass is 32.2. The Morgan fingerprint density at radius 2 is 2.00 bits per heavy atom. The highest BCUT2D eigenvalue weighted by Crippen LogP contribution is 2.34. The third kappa shape index (κ3) is 4.58. The van der Waals surface area contributed by atoms with Crippen molar-refractivity contribution in [3.8, 4) is 11.5 Å². The zero-order chi connectivity index (χ0) is 24.5. The number of β-lactam (4-membered cyclic amide) rings is 1. The van der Waals surface area contributed by atoms with Gasteiger partial charge in [-0.25, -0.2) is 18.0 Å². The molecule has 1 aromatic rings. The first-order valence-electron chi connectivity index (χ1n) is 10.1. The minimum absolute atomic E-state index is 0.0168. The van der Waals surface area contributed by atoms with E-state index in [9.17, 15) is 38.1 Å². The molecule has 3 rings (SSSR count). The largest absolute Gasteiger partial charge is 0.504 e. The summed E-state index contributed by atoms with van der Waals surface area (Å²) < 4.78 is 27.6. The van der Waals surface area contributed by atoms with Crippen LogP contribution in [0.2, 0.25) is 0 Å². The summed E-state index contributed by atoms with van der Waals surface area (Å²) in [7, 11) is -3.36. The van der Waals surface area contributed by atoms with Gasteiger partial charge in [-0.2, -0.15) is 0 Å². The Hall–Kier alpha value is -3.35. The van der Waals surface area contributed by atoms with E-state index in [4.69, 9.17) is 9.57 Å². The number of oxime groups is 1. The molecule has 2 aliphatic heterocycles. The number of phenols is 2. The molecule has 0 aromatic heterocycles. The van der Waals surface area contributed by atoms with Crippen LogP contribution in [-0.2, 0) is 29.9 Å². The zero-order valence-corrected chi connectivity index (χ0v) is 18.7. The lowest BCUT2D eigenvalue weighted by atomic mass is 9.86. The van der Waals surface area contributed by atoms with Crippen molar-refractivity contribution in [3.63, 3.8) is 0 Å². The van der Waals surface area contributed by atoms with Crippen molar-refractivity contribution < 1.29 is 47.7 Å². The van der Waals surface area contributed by atoms with Crippen LogP contribution in [0.25, 0.3) is 0 Å². The molecule has 2 aliphatic rings. The van der Waals surface area contributed by atoms with Gasteiger partial charge in [0.1, 0.15) is 10.9 Å². The number of nitrogens with zero attached hydrogens (tertiary/aromatic N) is 2. The third-order valence-corrected chi connectivity index (χ3v) is 7.12. The van der Waals surface area contributed by atoms with Gasteiger partial charge in [0.05, 0.1) is 17.9 Å². The average Bonchev–Trinajstić information content (AvgIpc) is 3.22. The maximum atomic E-state index is 12.2. The number of thiol groups is 1. The van der Waals surface area contributed by atoms with Crippen LogP contribution in [0.4, 0.5) is 0 Å². The summed E-state index contributed by atoms with van der Waals surface area (Å²) in [6, 6.07) is 1.37. The van der Waals surface area contributed by atoms with Crippen molar-refractivity contribution in [2.24, 2.45) is 5.16 Å². The van der Waals surface area contributed by atoms with Gasteiger partial charge in [0.15, 0.2) is 28.2 Å². The van der Waals surface area contributed by atoms with Crippen LogP contribution in [0.15, 0.2) is 23.4 Å². The van der Waals surface area contributed by atoms with Crippen LogP contribution in [0.3, 0.4) is 0 Å². The summed E-state index contributed by atoms with van der Waals surface area (Å²) >= 11 is 0. The van der Waals surface area contributed by atoms with Gasteiger partial charge in [-0.1, -0.05) is 5.16 Å². The van der Waals surface area contributed by atoms with Crippen molar-refractivity contribution in [2.45, 2.75) is 56.0 Å². The van der Waals surface area contributed by atoms with Gasteiger partial charge in [0, 0.05) is 25.3 Å². The molecule has 4 atom stereocenters. The van der Waals surface area contributed by atoms with Gasteiger partial charge < -0.3 is 29.8 Å². The molecular weight excluding hydrogens is 460 g/mol. The lowest BCUT2D eigenvalue weighted by molar-refractivity contribution is -0.161. The summed E-state index contributed by atoms with van der Waals surface area (Å²) in [5.41, 5.74) is -0.0131. The van der Waals surface area contributed by atoms with Gasteiger partial charge in [0.2, 0.25) is 5.91 Å². The first-order valence-corrected chi connectivity index (χ1v) is 11.2. The van der Waals surface area contributed by atoms with Gasteiger partial charge in [-0.15, -0.1) is 0 Å². The van der Waals surface area contributed by atoms with Gasteiger partial charge in [-0.3, -0.25) is 4.79 Å². The van der Waals surface area contributed by atoms with Crippen molar-refractivity contribution in [3.05, 3.63) is 23.8 Å². The Balaban J connectivity index is 1.64. The summed E-state index contributed by atoms with van der Waals surface area (Å²) in [5, 5.41) is 32.3. The number of ether oxygens (including phenoxy) is 1. The number of phenolic OH excluding ortho intramolecular Hbond substituents is 2. The quantitative estimate of drug-likeness (QED) is 0.164. The Kier molecular flexibility index (Phi) is 6.81. The number of amides is 1. The first-order chi connectivity index (χ1) is 15.5. The van der Waals surface area contributed by atoms with Gasteiger partial charge in [0.25, 0.3) is 0 Å². The molecule has 2 heterocycles. The lowest BCUT2D eigenvalue weighted by Gasteiger charge is -2.46. The molecule has 1 amide bonds. The smallest absolute Gasteiger partial charge is 0.338 e. The number of aliphatic carboxylic acids is 1. The number of hydrogen-bond acceptors (Lipinski definition) is 10. The molecule has 1 aromatic carbocycles. The Bertz CT molecular complexity index is 1080. The van der Waals surface area contributed by atoms with Crippen LogP contribution in [-0.4, -0.2) is 81.7 Å². The zero-order valence-electron chi connectivity index (χ0n) is 17.8. The fourth-order valence-electron chi connectivity index (χ4n) is 3.88. The molecule has 1 saturated heterocycles. The molecule has 13 heteroatoms. The number of carboxylic acid groups (broad SMARTS) is 1. The van der Waals surface area contributed by atoms with Crippen molar-refractivity contribution in [1.29, 1.82) is 0 Å². The van der Waals surface area contributed by atoms with E-state index < -0.39 is 57.2 Å². The Morgan fingerprint density at radius 1 is 1.30 bits per heavy atom. The molecule has 1 fully saturated rings. The maximum Gasteiger partial charge on any atom is 0.338 e. The van der Waals surface area contributed by atoms with Gasteiger partial charge in [-0.05, 0) is 32.0 Å². The molecule has 33 heavy (non-hydrogen) atoms. The number of rotatable bonds is 9. The molecule has 0 aliphatic carbocycles. The Morgan fingerprint density at radius 3 is 2.55 bits per heavy atom. The van der Waals surface area contributed by atoms with E-state index in [1.807, 2.05) is 0 Å². The second kappa shape index (κ2) is 9.25. The molecule has 3 N–H and O–H groups in total. The normalized spacial score (nSPS) is 22.7. The summed E-state index contributed by atoms with van der Waals surface area (Å²) in [5.74, 6) is -3.54. The minimum Gasteiger partial charge on any atom is -0.504 e. The van der Waals surface area contributed by atoms with Crippen molar-refractivity contribution in [2.75, 3.05) is 6.61 Å². The van der Waals surface area contributed by atoms with Crippen LogP contribution >= 0.6 is 0 Å². The van der Waals surface area contributed by atoms with Crippen LogP contribution < -0.4 is 0 Å². The molecule has 180 valence electrons. The average molecular weight is 484 g/mol. The second-order valence-corrected chi connectivity index (χ2v) is 9.54. The monoisotopic (exact) mass is 484 g/mol. The summed E-state index contributed by atoms with van der Waals surface area (Å²) in [6.07, 6.45) is -0.442. The van der Waals surface area contributed by atoms with Gasteiger partial charge >= 0.3 is 11.9 Å². The number of likely N-dealkylation sites (tertiary alicyclic amines) is 1. The Labute approximate surface area is 190 Å². The molecular formula is C20H24N2O10S. The van der Waals surface area contributed by atoms with E-state index >= 15 is 0 Å². The fourth-order valence-corrected chi connectivity index (χ4v) is 4.66. The van der Waals surface area contributed by atoms with Crippen LogP contribution in [0, 0.1) is 0 Å². The van der Waals surface area contributed by atoms with E-state index in [0.29, 0.717) is 0 Å². The predicted octanol–water partition coefficient (Wildman–Crippen LogP) is 0.234. The van der Waals surface area contributed by atoms with Crippen LogP contribution in [0.1, 0.15) is 43.5 Å². The molecule has 0 radical (unpaired) electrons. The number of aromatic hydroxyl groups is 2. The number of carbonyl (C=O) groups is 3. The molecule has 12 nitrogen and oxygen atoms in total. The van der Waals surface area contributed by atoms with E-state index in [-0.39, 0.29) is 42.9 Å². The lowest BCUT2D eigenvalue weighted by Crippen LogP contribution is -2.68. The van der Waals surface area contributed by atoms with Crippen molar-refractivity contribution in [1.82, 2.24) is 4.90 Å². The number of esters is 1. The molecule has 0 saturated carbocycles. The summed E-state index contributed by atoms with van der Waals surface area (Å²) in [6.45, 7) is 2.71. The number of carbonyl (C=O) groups excluding carboxylic acids is 2. The molecule has 0 spiro atoms. The van der Waals surface area contributed by atoms with E-state index in [1.54, 1.807) is 6.92 Å². The number of carboxylic acids is 1. The minimum atomic E-state index is -3.36. The van der Waals surface area contributed by atoms with E-state index in [1.165, 1.54) is 13.0 Å².